The van der Waals surface area contributed by atoms with Crippen molar-refractivity contribution in [2.45, 2.75) is 13.3 Å². The van der Waals surface area contributed by atoms with Crippen molar-refractivity contribution in [2.24, 2.45) is 0 Å². The molecular weight excluding hydrogens is 348 g/mol. The first-order valence-electron chi connectivity index (χ1n) is 8.33. The number of anilines is 1. The summed E-state index contributed by atoms with van der Waals surface area (Å²) in [6, 6.07) is 14.8. The van der Waals surface area contributed by atoms with Crippen LogP contribution in [-0.4, -0.2) is 24.6 Å². The molecule has 3 rings (SSSR count). The van der Waals surface area contributed by atoms with Crippen LogP contribution < -0.4 is 14.8 Å². The third-order valence-corrected chi connectivity index (χ3v) is 4.44. The Labute approximate surface area is 156 Å². The van der Waals surface area contributed by atoms with Gasteiger partial charge in [-0.15, -0.1) is 11.3 Å². The SMILES string of the molecule is CCCOc1ccc(-c2csc(NC(=O)c3cccc(OC)c3)n2)cc1. The lowest BCUT2D eigenvalue weighted by molar-refractivity contribution is 0.102. The number of nitrogens with one attached hydrogen (secondary N) is 1. The zero-order chi connectivity index (χ0) is 18.4. The van der Waals surface area contributed by atoms with E-state index in [1.807, 2.05) is 29.6 Å². The Morgan fingerprint density at radius 1 is 1.15 bits per heavy atom. The molecule has 1 heterocycles. The number of nitrogens with zero attached hydrogens (tertiary/aromatic N) is 1. The van der Waals surface area contributed by atoms with Gasteiger partial charge in [-0.25, -0.2) is 4.98 Å². The summed E-state index contributed by atoms with van der Waals surface area (Å²) in [4.78, 5) is 16.9. The van der Waals surface area contributed by atoms with E-state index in [1.54, 1.807) is 31.4 Å². The summed E-state index contributed by atoms with van der Waals surface area (Å²) in [5, 5.41) is 5.30. The van der Waals surface area contributed by atoms with Crippen LogP contribution in [0.25, 0.3) is 11.3 Å². The van der Waals surface area contributed by atoms with E-state index in [4.69, 9.17) is 9.47 Å². The van der Waals surface area contributed by atoms with E-state index in [0.29, 0.717) is 23.1 Å². The molecule has 134 valence electrons. The molecule has 1 N–H and O–H groups in total. The molecule has 26 heavy (non-hydrogen) atoms. The molecule has 0 atom stereocenters. The van der Waals surface area contributed by atoms with Crippen molar-refractivity contribution >= 4 is 22.4 Å². The van der Waals surface area contributed by atoms with Gasteiger partial charge >= 0.3 is 0 Å². The number of benzene rings is 2. The summed E-state index contributed by atoms with van der Waals surface area (Å²) < 4.78 is 10.7. The van der Waals surface area contributed by atoms with Gasteiger partial charge in [0.25, 0.3) is 5.91 Å². The number of amides is 1. The lowest BCUT2D eigenvalue weighted by atomic mass is 10.2. The van der Waals surface area contributed by atoms with Crippen LogP contribution >= 0.6 is 11.3 Å². The van der Waals surface area contributed by atoms with Crippen molar-refractivity contribution in [3.8, 4) is 22.8 Å². The first-order chi connectivity index (χ1) is 12.7. The van der Waals surface area contributed by atoms with Crippen molar-refractivity contribution in [1.82, 2.24) is 4.98 Å². The van der Waals surface area contributed by atoms with Crippen molar-refractivity contribution in [1.29, 1.82) is 0 Å². The van der Waals surface area contributed by atoms with E-state index in [2.05, 4.69) is 17.2 Å². The number of hydrogen-bond acceptors (Lipinski definition) is 5. The van der Waals surface area contributed by atoms with E-state index in [9.17, 15) is 4.79 Å². The zero-order valence-corrected chi connectivity index (χ0v) is 15.5. The Morgan fingerprint density at radius 3 is 2.69 bits per heavy atom. The van der Waals surface area contributed by atoms with Crippen LogP contribution in [0.4, 0.5) is 5.13 Å². The quantitative estimate of drug-likeness (QED) is 0.647. The summed E-state index contributed by atoms with van der Waals surface area (Å²) >= 11 is 1.39. The first-order valence-corrected chi connectivity index (χ1v) is 9.21. The van der Waals surface area contributed by atoms with Gasteiger partial charge in [0.05, 0.1) is 19.4 Å². The summed E-state index contributed by atoms with van der Waals surface area (Å²) in [7, 11) is 1.57. The molecule has 0 spiro atoms. The number of ether oxygens (including phenoxy) is 2. The predicted molar refractivity (Wildman–Crippen MR) is 104 cm³/mol. The Balaban J connectivity index is 1.68. The molecule has 3 aromatic rings. The fourth-order valence-electron chi connectivity index (χ4n) is 2.34. The smallest absolute Gasteiger partial charge is 0.257 e. The van der Waals surface area contributed by atoms with Gasteiger partial charge in [-0.3, -0.25) is 10.1 Å². The molecular formula is C20H20N2O3S. The van der Waals surface area contributed by atoms with E-state index in [0.717, 1.165) is 23.4 Å². The standard InChI is InChI=1S/C20H20N2O3S/c1-3-11-25-16-9-7-14(8-10-16)18-13-26-20(21-18)22-19(23)15-5-4-6-17(12-15)24-2/h4-10,12-13H,3,11H2,1-2H3,(H,21,22,23). The largest absolute Gasteiger partial charge is 0.497 e. The highest BCUT2D eigenvalue weighted by Gasteiger charge is 2.11. The van der Waals surface area contributed by atoms with E-state index in [1.165, 1.54) is 11.3 Å². The molecule has 0 aliphatic rings. The highest BCUT2D eigenvalue weighted by molar-refractivity contribution is 7.14. The fraction of sp³-hybridized carbons (Fsp3) is 0.200. The Bertz CT molecular complexity index is 875. The Hall–Kier alpha value is -2.86. The minimum absolute atomic E-state index is 0.215. The van der Waals surface area contributed by atoms with Crippen LogP contribution in [-0.2, 0) is 0 Å². The molecule has 0 unspecified atom stereocenters. The van der Waals surface area contributed by atoms with Gasteiger partial charge in [0, 0.05) is 16.5 Å². The minimum Gasteiger partial charge on any atom is -0.497 e. The average molecular weight is 368 g/mol. The average Bonchev–Trinajstić information content (AvgIpc) is 3.15. The van der Waals surface area contributed by atoms with Crippen LogP contribution in [0.15, 0.2) is 53.9 Å². The molecule has 0 saturated carbocycles. The van der Waals surface area contributed by atoms with Gasteiger partial charge in [0.1, 0.15) is 11.5 Å². The van der Waals surface area contributed by atoms with Crippen molar-refractivity contribution in [3.05, 3.63) is 59.5 Å². The molecule has 6 heteroatoms. The van der Waals surface area contributed by atoms with Crippen molar-refractivity contribution in [2.75, 3.05) is 19.0 Å². The maximum Gasteiger partial charge on any atom is 0.257 e. The van der Waals surface area contributed by atoms with Gasteiger partial charge in [0.15, 0.2) is 5.13 Å². The number of aromatic nitrogens is 1. The molecule has 0 radical (unpaired) electrons. The number of methoxy groups -OCH3 is 1. The lowest BCUT2D eigenvalue weighted by Gasteiger charge is -2.05. The third-order valence-electron chi connectivity index (χ3n) is 3.68. The van der Waals surface area contributed by atoms with Gasteiger partial charge in [-0.2, -0.15) is 0 Å². The third kappa shape index (κ3) is 4.40. The van der Waals surface area contributed by atoms with E-state index < -0.39 is 0 Å². The molecule has 0 saturated heterocycles. The number of hydrogen-bond donors (Lipinski definition) is 1. The molecule has 0 aliphatic heterocycles. The number of thiazole rings is 1. The summed E-state index contributed by atoms with van der Waals surface area (Å²) in [5.74, 6) is 1.27. The second-order valence-electron chi connectivity index (χ2n) is 5.60. The van der Waals surface area contributed by atoms with Crippen molar-refractivity contribution < 1.29 is 14.3 Å². The number of rotatable bonds is 7. The molecule has 5 nitrogen and oxygen atoms in total. The monoisotopic (exact) mass is 368 g/mol. The Morgan fingerprint density at radius 2 is 1.96 bits per heavy atom. The molecule has 1 amide bonds. The van der Waals surface area contributed by atoms with E-state index >= 15 is 0 Å². The molecule has 0 bridgehead atoms. The summed E-state index contributed by atoms with van der Waals surface area (Å²) in [6.45, 7) is 2.78. The first kappa shape index (κ1) is 17.9. The van der Waals surface area contributed by atoms with Crippen LogP contribution in [0.3, 0.4) is 0 Å². The normalized spacial score (nSPS) is 10.4. The minimum atomic E-state index is -0.215. The van der Waals surface area contributed by atoms with Gasteiger partial charge < -0.3 is 9.47 Å². The Kier molecular flexibility index (Phi) is 5.86. The number of carbonyl (C=O) groups is 1. The topological polar surface area (TPSA) is 60.5 Å². The van der Waals surface area contributed by atoms with Gasteiger partial charge in [-0.05, 0) is 48.9 Å². The maximum atomic E-state index is 12.4. The molecule has 0 fully saturated rings. The summed E-state index contributed by atoms with van der Waals surface area (Å²) in [6.07, 6.45) is 0.976. The van der Waals surface area contributed by atoms with Crippen LogP contribution in [0, 0.1) is 0 Å². The maximum absolute atomic E-state index is 12.4. The highest BCUT2D eigenvalue weighted by atomic mass is 32.1. The van der Waals surface area contributed by atoms with Crippen LogP contribution in [0.2, 0.25) is 0 Å². The molecule has 2 aromatic carbocycles. The van der Waals surface area contributed by atoms with Crippen LogP contribution in [0.1, 0.15) is 23.7 Å². The zero-order valence-electron chi connectivity index (χ0n) is 14.7. The fourth-order valence-corrected chi connectivity index (χ4v) is 3.05. The van der Waals surface area contributed by atoms with E-state index in [-0.39, 0.29) is 5.91 Å². The second-order valence-corrected chi connectivity index (χ2v) is 6.45. The molecule has 0 aliphatic carbocycles. The van der Waals surface area contributed by atoms with Crippen LogP contribution in [0.5, 0.6) is 11.5 Å². The highest BCUT2D eigenvalue weighted by Crippen LogP contribution is 2.27. The van der Waals surface area contributed by atoms with Gasteiger partial charge in [0.2, 0.25) is 0 Å². The molecule has 1 aromatic heterocycles. The van der Waals surface area contributed by atoms with Gasteiger partial charge in [-0.1, -0.05) is 13.0 Å². The summed E-state index contributed by atoms with van der Waals surface area (Å²) in [5.41, 5.74) is 2.32. The number of carbonyl (C=O) groups excluding carboxylic acids is 1. The predicted octanol–water partition coefficient (Wildman–Crippen LogP) is 4.86. The van der Waals surface area contributed by atoms with Crippen molar-refractivity contribution in [3.63, 3.8) is 0 Å². The second kappa shape index (κ2) is 8.49. The lowest BCUT2D eigenvalue weighted by Crippen LogP contribution is -2.11.